The molecule has 0 saturated carbocycles. The van der Waals surface area contributed by atoms with Gasteiger partial charge in [0.1, 0.15) is 5.60 Å². The van der Waals surface area contributed by atoms with E-state index in [0.717, 1.165) is 5.56 Å². The Morgan fingerprint density at radius 3 is 2.86 bits per heavy atom. The van der Waals surface area contributed by atoms with Gasteiger partial charge in [-0.05, 0) is 5.56 Å². The summed E-state index contributed by atoms with van der Waals surface area (Å²) in [5, 5.41) is 11.3. The second kappa shape index (κ2) is 4.18. The van der Waals surface area contributed by atoms with Crippen LogP contribution in [0, 0.1) is 11.8 Å². The average Bonchev–Trinajstić information content (AvgIpc) is 3.09. The zero-order valence-electron chi connectivity index (χ0n) is 11.3. The summed E-state index contributed by atoms with van der Waals surface area (Å²) in [6.07, 6.45) is 3.07. The SMILES string of the molecule is O=C([O-])[C@H]1[C@H]2C=C[C@@]3(CN(Cc4ccccc4)C(=O)[C@@H]13)O2. The van der Waals surface area contributed by atoms with Crippen molar-refractivity contribution in [3.63, 3.8) is 0 Å². The maximum absolute atomic E-state index is 12.6. The molecule has 5 heteroatoms. The molecule has 3 heterocycles. The van der Waals surface area contributed by atoms with Crippen molar-refractivity contribution >= 4 is 11.9 Å². The molecule has 0 aromatic heterocycles. The van der Waals surface area contributed by atoms with Gasteiger partial charge in [0.15, 0.2) is 0 Å². The molecule has 0 aliphatic carbocycles. The second-order valence-electron chi connectivity index (χ2n) is 5.90. The first-order valence-corrected chi connectivity index (χ1v) is 7.01. The van der Waals surface area contributed by atoms with E-state index in [2.05, 4.69) is 0 Å². The van der Waals surface area contributed by atoms with Crippen LogP contribution in [0.2, 0.25) is 0 Å². The molecular weight excluding hydrogens is 270 g/mol. The molecule has 1 aromatic rings. The molecule has 21 heavy (non-hydrogen) atoms. The van der Waals surface area contributed by atoms with Crippen molar-refractivity contribution in [3.05, 3.63) is 48.0 Å². The van der Waals surface area contributed by atoms with Gasteiger partial charge in [-0.2, -0.15) is 0 Å². The van der Waals surface area contributed by atoms with E-state index in [1.165, 1.54) is 0 Å². The number of carbonyl (C=O) groups is 2. The lowest BCUT2D eigenvalue weighted by Crippen LogP contribution is -2.45. The summed E-state index contributed by atoms with van der Waals surface area (Å²) in [7, 11) is 0. The van der Waals surface area contributed by atoms with Crippen LogP contribution in [0.4, 0.5) is 0 Å². The third kappa shape index (κ3) is 1.67. The average molecular weight is 284 g/mol. The fourth-order valence-electron chi connectivity index (χ4n) is 3.78. The van der Waals surface area contributed by atoms with Gasteiger partial charge < -0.3 is 19.5 Å². The predicted molar refractivity (Wildman–Crippen MR) is 70.6 cm³/mol. The summed E-state index contributed by atoms with van der Waals surface area (Å²) in [6.45, 7) is 0.877. The van der Waals surface area contributed by atoms with E-state index in [-0.39, 0.29) is 5.91 Å². The fraction of sp³-hybridized carbons (Fsp3) is 0.375. The molecule has 0 radical (unpaired) electrons. The van der Waals surface area contributed by atoms with E-state index in [1.54, 1.807) is 11.0 Å². The Hall–Kier alpha value is -2.14. The van der Waals surface area contributed by atoms with Crippen molar-refractivity contribution < 1.29 is 19.4 Å². The van der Waals surface area contributed by atoms with Gasteiger partial charge in [0.25, 0.3) is 0 Å². The molecule has 108 valence electrons. The topological polar surface area (TPSA) is 69.7 Å². The highest BCUT2D eigenvalue weighted by molar-refractivity contribution is 5.90. The molecule has 2 fully saturated rings. The van der Waals surface area contributed by atoms with Crippen LogP contribution in [0.1, 0.15) is 5.56 Å². The van der Waals surface area contributed by atoms with E-state index in [1.807, 2.05) is 36.4 Å². The normalized spacial score (nSPS) is 36.3. The van der Waals surface area contributed by atoms with Crippen molar-refractivity contribution in [2.45, 2.75) is 18.2 Å². The summed E-state index contributed by atoms with van der Waals surface area (Å²) in [5.41, 5.74) is 0.243. The van der Waals surface area contributed by atoms with Crippen LogP contribution in [0.5, 0.6) is 0 Å². The van der Waals surface area contributed by atoms with Gasteiger partial charge in [-0.25, -0.2) is 0 Å². The van der Waals surface area contributed by atoms with Crippen molar-refractivity contribution in [3.8, 4) is 0 Å². The first-order chi connectivity index (χ1) is 10.1. The van der Waals surface area contributed by atoms with Crippen molar-refractivity contribution in [2.24, 2.45) is 11.8 Å². The molecule has 1 amide bonds. The first-order valence-electron chi connectivity index (χ1n) is 7.01. The largest absolute Gasteiger partial charge is 0.550 e. The molecule has 2 bridgehead atoms. The van der Waals surface area contributed by atoms with E-state index in [0.29, 0.717) is 13.1 Å². The highest BCUT2D eigenvalue weighted by Crippen LogP contribution is 2.51. The molecule has 3 aliphatic rings. The van der Waals surface area contributed by atoms with Crippen LogP contribution >= 0.6 is 0 Å². The molecule has 4 rings (SSSR count). The van der Waals surface area contributed by atoms with Crippen LogP contribution in [0.3, 0.4) is 0 Å². The summed E-state index contributed by atoms with van der Waals surface area (Å²) in [4.78, 5) is 25.6. The Kier molecular flexibility index (Phi) is 2.50. The Balaban J connectivity index is 1.63. The molecule has 4 atom stereocenters. The number of carboxylic acid groups (broad SMARTS) is 1. The number of hydrogen-bond acceptors (Lipinski definition) is 4. The van der Waals surface area contributed by atoms with Gasteiger partial charge >= 0.3 is 0 Å². The number of hydrogen-bond donors (Lipinski definition) is 0. The van der Waals surface area contributed by atoms with Crippen LogP contribution in [-0.2, 0) is 20.9 Å². The van der Waals surface area contributed by atoms with Crippen molar-refractivity contribution in [1.82, 2.24) is 4.90 Å². The van der Waals surface area contributed by atoms with Crippen LogP contribution < -0.4 is 5.11 Å². The van der Waals surface area contributed by atoms with Crippen LogP contribution in [-0.4, -0.2) is 35.0 Å². The molecule has 1 spiro atoms. The van der Waals surface area contributed by atoms with E-state index in [9.17, 15) is 14.7 Å². The molecule has 5 nitrogen and oxygen atoms in total. The molecule has 3 aliphatic heterocycles. The third-order valence-electron chi connectivity index (χ3n) is 4.67. The molecule has 2 saturated heterocycles. The van der Waals surface area contributed by atoms with Gasteiger partial charge in [-0.15, -0.1) is 0 Å². The number of benzene rings is 1. The monoisotopic (exact) mass is 284 g/mol. The highest BCUT2D eigenvalue weighted by Gasteiger charge is 2.65. The number of fused-ring (bicyclic) bond motifs is 1. The lowest BCUT2D eigenvalue weighted by atomic mass is 9.77. The Morgan fingerprint density at radius 2 is 2.14 bits per heavy atom. The summed E-state index contributed by atoms with van der Waals surface area (Å²) >= 11 is 0. The number of likely N-dealkylation sites (tertiary alicyclic amines) is 1. The van der Waals surface area contributed by atoms with Crippen LogP contribution in [0.15, 0.2) is 42.5 Å². The minimum atomic E-state index is -1.20. The van der Waals surface area contributed by atoms with E-state index >= 15 is 0 Å². The Labute approximate surface area is 121 Å². The van der Waals surface area contributed by atoms with Gasteiger partial charge in [-0.1, -0.05) is 42.5 Å². The van der Waals surface area contributed by atoms with Gasteiger partial charge in [0.2, 0.25) is 5.91 Å². The third-order valence-corrected chi connectivity index (χ3v) is 4.67. The number of carbonyl (C=O) groups excluding carboxylic acids is 2. The maximum Gasteiger partial charge on any atom is 0.230 e. The lowest BCUT2D eigenvalue weighted by molar-refractivity contribution is -0.313. The lowest BCUT2D eigenvalue weighted by Gasteiger charge is -2.24. The van der Waals surface area contributed by atoms with Crippen molar-refractivity contribution in [2.75, 3.05) is 6.54 Å². The van der Waals surface area contributed by atoms with Crippen molar-refractivity contribution in [1.29, 1.82) is 0 Å². The second-order valence-corrected chi connectivity index (χ2v) is 5.90. The number of carboxylic acids is 1. The van der Waals surface area contributed by atoms with Crippen LogP contribution in [0.25, 0.3) is 0 Å². The first kappa shape index (κ1) is 12.6. The highest BCUT2D eigenvalue weighted by atomic mass is 16.5. The molecule has 0 unspecified atom stereocenters. The quantitative estimate of drug-likeness (QED) is 0.716. The number of amides is 1. The zero-order chi connectivity index (χ0) is 14.6. The summed E-state index contributed by atoms with van der Waals surface area (Å²) in [6, 6.07) is 9.65. The molecular formula is C16H14NO4-. The summed E-state index contributed by atoms with van der Waals surface area (Å²) in [5.74, 6) is -2.88. The smallest absolute Gasteiger partial charge is 0.230 e. The molecule has 0 N–H and O–H groups in total. The van der Waals surface area contributed by atoms with Gasteiger partial charge in [0.05, 0.1) is 18.6 Å². The Bertz CT molecular complexity index is 641. The minimum absolute atomic E-state index is 0.153. The molecule has 1 aromatic carbocycles. The fourth-order valence-corrected chi connectivity index (χ4v) is 3.78. The van der Waals surface area contributed by atoms with E-state index < -0.39 is 29.5 Å². The number of ether oxygens (including phenoxy) is 1. The predicted octanol–water partition coefficient (Wildman–Crippen LogP) is -0.282. The number of rotatable bonds is 3. The van der Waals surface area contributed by atoms with Gasteiger partial charge in [-0.3, -0.25) is 4.79 Å². The minimum Gasteiger partial charge on any atom is -0.550 e. The standard InChI is InChI=1S/C16H15NO4/c18-14-13-12(15(19)20)11-6-7-16(13,21-11)9-17(14)8-10-4-2-1-3-5-10/h1-7,11-13H,8-9H2,(H,19,20)/p-1/t11-,12+,13-,16+/m1/s1. The number of nitrogens with zero attached hydrogens (tertiary/aromatic N) is 1. The number of aliphatic carboxylic acids is 1. The van der Waals surface area contributed by atoms with Gasteiger partial charge in [0, 0.05) is 18.4 Å². The Morgan fingerprint density at radius 1 is 1.38 bits per heavy atom. The summed E-state index contributed by atoms with van der Waals surface area (Å²) < 4.78 is 5.80. The zero-order valence-corrected chi connectivity index (χ0v) is 11.3. The van der Waals surface area contributed by atoms with E-state index in [4.69, 9.17) is 4.74 Å². The maximum atomic E-state index is 12.6.